The second-order valence-electron chi connectivity index (χ2n) is 6.39. The standard InChI is InChI=1S/C20H19ClN4O4S/c1-11-3-5-13(8-14(11)21)23-18(27)9-17-19(28)24-20(30-17)25-22-10-12-4-6-15(26)16(7-12)29-2/h3-8,10,17,26H,9H2,1-2H3,(H,23,27)(H,24,25,28)/b22-10-/t17-/m0/s1. The maximum absolute atomic E-state index is 12.3. The summed E-state index contributed by atoms with van der Waals surface area (Å²) in [7, 11) is 1.45. The topological polar surface area (TPSA) is 112 Å². The number of nitrogens with zero attached hydrogens (tertiary/aromatic N) is 2. The molecule has 0 spiro atoms. The van der Waals surface area contributed by atoms with Crippen molar-refractivity contribution in [3.63, 3.8) is 0 Å². The fraction of sp³-hybridized carbons (Fsp3) is 0.200. The van der Waals surface area contributed by atoms with Gasteiger partial charge in [0.25, 0.3) is 0 Å². The molecule has 3 N–H and O–H groups in total. The molecule has 10 heteroatoms. The Kier molecular flexibility index (Phi) is 6.96. The van der Waals surface area contributed by atoms with Crippen LogP contribution in [0, 0.1) is 6.92 Å². The van der Waals surface area contributed by atoms with Gasteiger partial charge < -0.3 is 20.5 Å². The predicted octanol–water partition coefficient (Wildman–Crippen LogP) is 3.31. The molecule has 0 unspecified atom stereocenters. The summed E-state index contributed by atoms with van der Waals surface area (Å²) >= 11 is 7.19. The number of aromatic hydroxyl groups is 1. The number of phenols is 1. The molecule has 0 aromatic heterocycles. The molecule has 0 saturated carbocycles. The van der Waals surface area contributed by atoms with Crippen molar-refractivity contribution >= 4 is 52.2 Å². The highest BCUT2D eigenvalue weighted by Crippen LogP contribution is 2.26. The molecule has 3 rings (SSSR count). The minimum atomic E-state index is -0.603. The smallest absolute Gasteiger partial charge is 0.240 e. The minimum absolute atomic E-state index is 0.0140. The predicted molar refractivity (Wildman–Crippen MR) is 119 cm³/mol. The van der Waals surface area contributed by atoms with Gasteiger partial charge >= 0.3 is 0 Å². The number of methoxy groups -OCH3 is 1. The van der Waals surface area contributed by atoms with Crippen LogP contribution in [0.4, 0.5) is 5.69 Å². The SMILES string of the molecule is COc1cc(/C=N\N=C2/NC(=O)[C@H](CC(=O)Nc3ccc(C)c(Cl)c3)S2)ccc1O. The van der Waals surface area contributed by atoms with Crippen LogP contribution in [0.25, 0.3) is 0 Å². The Morgan fingerprint density at radius 3 is 2.90 bits per heavy atom. The van der Waals surface area contributed by atoms with Crippen LogP contribution >= 0.6 is 23.4 Å². The largest absolute Gasteiger partial charge is 0.504 e. The van der Waals surface area contributed by atoms with E-state index in [0.717, 1.165) is 17.3 Å². The number of amides is 2. The van der Waals surface area contributed by atoms with Crippen LogP contribution < -0.4 is 15.4 Å². The molecule has 0 aliphatic carbocycles. The van der Waals surface area contributed by atoms with E-state index in [2.05, 4.69) is 20.8 Å². The van der Waals surface area contributed by atoms with Gasteiger partial charge in [0, 0.05) is 17.1 Å². The number of aryl methyl sites for hydroxylation is 1. The number of hydrogen-bond acceptors (Lipinski definition) is 7. The summed E-state index contributed by atoms with van der Waals surface area (Å²) in [6.45, 7) is 1.87. The maximum Gasteiger partial charge on any atom is 0.240 e. The molecule has 0 radical (unpaired) electrons. The van der Waals surface area contributed by atoms with Gasteiger partial charge in [-0.05, 0) is 48.4 Å². The highest BCUT2D eigenvalue weighted by atomic mass is 35.5. The summed E-state index contributed by atoms with van der Waals surface area (Å²) in [6.07, 6.45) is 1.45. The molecule has 0 bridgehead atoms. The Balaban J connectivity index is 1.57. The van der Waals surface area contributed by atoms with Crippen LogP contribution in [0.2, 0.25) is 5.02 Å². The van der Waals surface area contributed by atoms with Crippen molar-refractivity contribution < 1.29 is 19.4 Å². The number of phenolic OH excluding ortho intramolecular Hbond substituents is 1. The third-order valence-electron chi connectivity index (χ3n) is 4.16. The van der Waals surface area contributed by atoms with Crippen molar-refractivity contribution in [2.45, 2.75) is 18.6 Å². The van der Waals surface area contributed by atoms with Gasteiger partial charge in [0.05, 0.1) is 13.3 Å². The van der Waals surface area contributed by atoms with Crippen molar-refractivity contribution in [3.05, 3.63) is 52.5 Å². The molecule has 2 amide bonds. The molecule has 1 aliphatic rings. The minimum Gasteiger partial charge on any atom is -0.504 e. The first-order chi connectivity index (χ1) is 14.4. The number of amidine groups is 1. The zero-order valence-corrected chi connectivity index (χ0v) is 17.8. The molecule has 1 atom stereocenters. The second kappa shape index (κ2) is 9.64. The quantitative estimate of drug-likeness (QED) is 0.465. The second-order valence-corrected chi connectivity index (χ2v) is 7.99. The summed E-state index contributed by atoms with van der Waals surface area (Å²) in [5, 5.41) is 23.1. The molecule has 1 aliphatic heterocycles. The fourth-order valence-electron chi connectivity index (χ4n) is 2.56. The first kappa shape index (κ1) is 21.7. The molecule has 30 heavy (non-hydrogen) atoms. The molecular weight excluding hydrogens is 428 g/mol. The van der Waals surface area contributed by atoms with E-state index in [9.17, 15) is 14.7 Å². The van der Waals surface area contributed by atoms with E-state index in [1.807, 2.05) is 6.92 Å². The molecule has 2 aromatic rings. The first-order valence-electron chi connectivity index (χ1n) is 8.87. The average Bonchev–Trinajstić information content (AvgIpc) is 3.05. The van der Waals surface area contributed by atoms with E-state index in [0.29, 0.717) is 27.2 Å². The van der Waals surface area contributed by atoms with Gasteiger partial charge in [-0.15, -0.1) is 5.10 Å². The van der Waals surface area contributed by atoms with Crippen LogP contribution in [-0.4, -0.2) is 40.7 Å². The lowest BCUT2D eigenvalue weighted by Gasteiger charge is -2.08. The number of thioether (sulfide) groups is 1. The van der Waals surface area contributed by atoms with Crippen LogP contribution in [-0.2, 0) is 9.59 Å². The van der Waals surface area contributed by atoms with Crippen LogP contribution in [0.1, 0.15) is 17.5 Å². The van der Waals surface area contributed by atoms with Crippen molar-refractivity contribution in [1.29, 1.82) is 0 Å². The van der Waals surface area contributed by atoms with E-state index < -0.39 is 5.25 Å². The first-order valence-corrected chi connectivity index (χ1v) is 10.1. The molecular formula is C20H19ClN4O4S. The maximum atomic E-state index is 12.3. The number of rotatable bonds is 6. The van der Waals surface area contributed by atoms with E-state index in [4.69, 9.17) is 16.3 Å². The van der Waals surface area contributed by atoms with E-state index in [-0.39, 0.29) is 24.0 Å². The van der Waals surface area contributed by atoms with Crippen molar-refractivity contribution in [1.82, 2.24) is 5.32 Å². The lowest BCUT2D eigenvalue weighted by Crippen LogP contribution is -2.28. The number of nitrogens with one attached hydrogen (secondary N) is 2. The third-order valence-corrected chi connectivity index (χ3v) is 5.64. The van der Waals surface area contributed by atoms with Crippen LogP contribution in [0.5, 0.6) is 11.5 Å². The lowest BCUT2D eigenvalue weighted by molar-refractivity contribution is -0.122. The van der Waals surface area contributed by atoms with E-state index in [1.54, 1.807) is 30.3 Å². The van der Waals surface area contributed by atoms with Gasteiger partial charge in [0.2, 0.25) is 11.8 Å². The zero-order chi connectivity index (χ0) is 21.7. The summed E-state index contributed by atoms with van der Waals surface area (Å²) in [6, 6.07) is 9.95. The van der Waals surface area contributed by atoms with E-state index in [1.165, 1.54) is 19.4 Å². The van der Waals surface area contributed by atoms with Crippen LogP contribution in [0.15, 0.2) is 46.6 Å². The molecule has 156 valence electrons. The number of hydrogen-bond donors (Lipinski definition) is 3. The van der Waals surface area contributed by atoms with Crippen molar-refractivity contribution in [2.75, 3.05) is 12.4 Å². The molecule has 1 fully saturated rings. The normalized spacial score (nSPS) is 17.4. The van der Waals surface area contributed by atoms with Crippen molar-refractivity contribution in [3.8, 4) is 11.5 Å². The number of ether oxygens (including phenoxy) is 1. The number of benzene rings is 2. The lowest BCUT2D eigenvalue weighted by atomic mass is 10.2. The van der Waals surface area contributed by atoms with Gasteiger partial charge in [0.1, 0.15) is 5.25 Å². The Morgan fingerprint density at radius 2 is 2.17 bits per heavy atom. The summed E-state index contributed by atoms with van der Waals surface area (Å²) in [5.74, 6) is -0.273. The number of carbonyl (C=O) groups excluding carboxylic acids is 2. The van der Waals surface area contributed by atoms with Crippen molar-refractivity contribution in [2.24, 2.45) is 10.2 Å². The van der Waals surface area contributed by atoms with E-state index >= 15 is 0 Å². The molecule has 1 heterocycles. The zero-order valence-electron chi connectivity index (χ0n) is 16.2. The fourth-order valence-corrected chi connectivity index (χ4v) is 3.66. The van der Waals surface area contributed by atoms with Gasteiger partial charge in [0.15, 0.2) is 16.7 Å². The van der Waals surface area contributed by atoms with Crippen LogP contribution in [0.3, 0.4) is 0 Å². The Labute approximate surface area is 182 Å². The average molecular weight is 447 g/mol. The molecule has 2 aromatic carbocycles. The highest BCUT2D eigenvalue weighted by Gasteiger charge is 2.32. The summed E-state index contributed by atoms with van der Waals surface area (Å²) < 4.78 is 5.03. The highest BCUT2D eigenvalue weighted by molar-refractivity contribution is 8.15. The summed E-state index contributed by atoms with van der Waals surface area (Å²) in [5.41, 5.74) is 2.14. The van der Waals surface area contributed by atoms with Gasteiger partial charge in [-0.3, -0.25) is 9.59 Å². The van der Waals surface area contributed by atoms with Gasteiger partial charge in [-0.25, -0.2) is 0 Å². The Bertz CT molecular complexity index is 1040. The Hall–Kier alpha value is -3.04. The number of anilines is 1. The number of carbonyl (C=O) groups is 2. The van der Waals surface area contributed by atoms with Gasteiger partial charge in [-0.2, -0.15) is 5.10 Å². The summed E-state index contributed by atoms with van der Waals surface area (Å²) in [4.78, 5) is 24.4. The molecule has 8 nitrogen and oxygen atoms in total. The molecule has 1 saturated heterocycles. The van der Waals surface area contributed by atoms with Gasteiger partial charge in [-0.1, -0.05) is 29.4 Å². The third kappa shape index (κ3) is 5.52. The monoisotopic (exact) mass is 446 g/mol. The number of halogens is 1. The Morgan fingerprint density at radius 1 is 1.37 bits per heavy atom.